The summed E-state index contributed by atoms with van der Waals surface area (Å²) in [6.45, 7) is 0.170. The minimum absolute atomic E-state index is 0.0342. The Bertz CT molecular complexity index is 579. The molecule has 2 fully saturated rings. The first-order valence-corrected chi connectivity index (χ1v) is 8.40. The number of imidazole rings is 1. The third-order valence-corrected chi connectivity index (χ3v) is 6.16. The largest absolute Gasteiger partial charge is 0.386 e. The topological polar surface area (TPSA) is 98.2 Å². The minimum atomic E-state index is -3.09. The molecule has 106 valence electrons. The van der Waals surface area contributed by atoms with Gasteiger partial charge in [0.2, 0.25) is 0 Å². The van der Waals surface area contributed by atoms with E-state index in [1.54, 1.807) is 12.5 Å². The molecule has 1 saturated carbocycles. The molecular weight excluding hydrogens is 266 g/mol. The van der Waals surface area contributed by atoms with Crippen LogP contribution in [0.25, 0.3) is 0 Å². The maximum atomic E-state index is 11.7. The van der Waals surface area contributed by atoms with Crippen LogP contribution in [0.3, 0.4) is 0 Å². The summed E-state index contributed by atoms with van der Waals surface area (Å²) >= 11 is 0. The summed E-state index contributed by atoms with van der Waals surface area (Å²) < 4.78 is 25.4. The lowest BCUT2D eigenvalue weighted by atomic mass is 9.80. The van der Waals surface area contributed by atoms with Crippen molar-refractivity contribution in [1.82, 2.24) is 9.55 Å². The van der Waals surface area contributed by atoms with Gasteiger partial charge in [0.15, 0.2) is 9.84 Å². The highest BCUT2D eigenvalue weighted by molar-refractivity contribution is 7.91. The van der Waals surface area contributed by atoms with E-state index in [0.717, 1.165) is 12.8 Å². The Morgan fingerprint density at radius 2 is 2.32 bits per heavy atom. The average Bonchev–Trinajstić information content (AvgIpc) is 3.01. The molecule has 0 aromatic carbocycles. The Morgan fingerprint density at radius 1 is 1.58 bits per heavy atom. The Kier molecular flexibility index (Phi) is 2.95. The van der Waals surface area contributed by atoms with E-state index in [-0.39, 0.29) is 18.1 Å². The first kappa shape index (κ1) is 13.1. The highest BCUT2D eigenvalue weighted by Crippen LogP contribution is 2.45. The normalized spacial score (nSPS) is 31.5. The molecule has 7 heteroatoms. The van der Waals surface area contributed by atoms with E-state index >= 15 is 0 Å². The van der Waals surface area contributed by atoms with Crippen LogP contribution in [0.5, 0.6) is 0 Å². The fraction of sp³-hybridized carbons (Fsp3) is 0.750. The van der Waals surface area contributed by atoms with Crippen LogP contribution in [0.1, 0.15) is 37.1 Å². The lowest BCUT2D eigenvalue weighted by Crippen LogP contribution is -2.38. The monoisotopic (exact) mass is 285 g/mol. The lowest BCUT2D eigenvalue weighted by Gasteiger charge is -2.32. The van der Waals surface area contributed by atoms with Gasteiger partial charge < -0.3 is 15.4 Å². The molecule has 1 saturated heterocycles. The van der Waals surface area contributed by atoms with Gasteiger partial charge in [-0.05, 0) is 19.3 Å². The predicted octanol–water partition coefficient (Wildman–Crippen LogP) is 0.0150. The first-order chi connectivity index (χ1) is 8.97. The zero-order chi connectivity index (χ0) is 13.7. The maximum Gasteiger partial charge on any atom is 0.151 e. The summed E-state index contributed by atoms with van der Waals surface area (Å²) in [5, 5.41) is 10.6. The van der Waals surface area contributed by atoms with Crippen molar-refractivity contribution in [2.45, 2.75) is 31.4 Å². The number of aliphatic hydroxyl groups is 1. The highest BCUT2D eigenvalue weighted by atomic mass is 32.2. The number of nitrogens with zero attached hydrogens (tertiary/aromatic N) is 2. The number of sulfone groups is 1. The van der Waals surface area contributed by atoms with Crippen LogP contribution in [0, 0.1) is 5.41 Å². The maximum absolute atomic E-state index is 11.7. The summed E-state index contributed by atoms with van der Waals surface area (Å²) in [6, 6.07) is 0.403. The molecule has 3 N–H and O–H groups in total. The van der Waals surface area contributed by atoms with Crippen molar-refractivity contribution in [3.63, 3.8) is 0 Å². The van der Waals surface area contributed by atoms with E-state index in [0.29, 0.717) is 18.2 Å². The molecule has 2 atom stereocenters. The number of aliphatic hydroxyl groups excluding tert-OH is 1. The van der Waals surface area contributed by atoms with E-state index in [4.69, 9.17) is 5.73 Å². The molecule has 19 heavy (non-hydrogen) atoms. The third kappa shape index (κ3) is 2.19. The minimum Gasteiger partial charge on any atom is -0.386 e. The van der Waals surface area contributed by atoms with Crippen LogP contribution in [0.2, 0.25) is 0 Å². The summed E-state index contributed by atoms with van der Waals surface area (Å²) in [7, 11) is -3.09. The van der Waals surface area contributed by atoms with Gasteiger partial charge >= 0.3 is 0 Å². The zero-order valence-electron chi connectivity index (χ0n) is 10.7. The quantitative estimate of drug-likeness (QED) is 0.812. The molecule has 0 radical (unpaired) electrons. The van der Waals surface area contributed by atoms with Crippen molar-refractivity contribution in [3.05, 3.63) is 18.2 Å². The van der Waals surface area contributed by atoms with Crippen LogP contribution in [0.15, 0.2) is 12.5 Å². The number of rotatable bonds is 4. The molecule has 2 aliphatic rings. The van der Waals surface area contributed by atoms with Crippen molar-refractivity contribution in [3.8, 4) is 0 Å². The Balaban J connectivity index is 1.93. The Morgan fingerprint density at radius 3 is 2.84 bits per heavy atom. The van der Waals surface area contributed by atoms with Gasteiger partial charge in [0.1, 0.15) is 6.10 Å². The molecule has 0 spiro atoms. The van der Waals surface area contributed by atoms with Gasteiger partial charge in [0.25, 0.3) is 0 Å². The van der Waals surface area contributed by atoms with Gasteiger partial charge in [0, 0.05) is 18.0 Å². The van der Waals surface area contributed by atoms with E-state index in [1.165, 1.54) is 0 Å². The molecule has 2 unspecified atom stereocenters. The molecule has 1 aromatic heterocycles. The number of nitrogens with two attached hydrogens (primary N) is 1. The fourth-order valence-corrected chi connectivity index (χ4v) is 5.09. The first-order valence-electron chi connectivity index (χ1n) is 6.58. The third-order valence-electron chi connectivity index (χ3n) is 4.32. The van der Waals surface area contributed by atoms with Crippen LogP contribution in [-0.4, -0.2) is 41.1 Å². The van der Waals surface area contributed by atoms with E-state index in [2.05, 4.69) is 4.98 Å². The van der Waals surface area contributed by atoms with Crippen LogP contribution < -0.4 is 5.73 Å². The van der Waals surface area contributed by atoms with Gasteiger partial charge in [-0.2, -0.15) is 0 Å². The van der Waals surface area contributed by atoms with Crippen LogP contribution in [0.4, 0.5) is 0 Å². The summed E-state index contributed by atoms with van der Waals surface area (Å²) in [6.07, 6.45) is 5.07. The number of aromatic nitrogens is 2. The molecule has 0 amide bonds. The van der Waals surface area contributed by atoms with E-state index in [1.807, 2.05) is 4.57 Å². The van der Waals surface area contributed by atoms with Gasteiger partial charge in [0.05, 0.1) is 29.7 Å². The van der Waals surface area contributed by atoms with Crippen molar-refractivity contribution in [1.29, 1.82) is 0 Å². The van der Waals surface area contributed by atoms with Crippen molar-refractivity contribution < 1.29 is 13.5 Å². The van der Waals surface area contributed by atoms with E-state index < -0.39 is 21.4 Å². The van der Waals surface area contributed by atoms with Crippen molar-refractivity contribution in [2.24, 2.45) is 11.1 Å². The van der Waals surface area contributed by atoms with E-state index in [9.17, 15) is 13.5 Å². The number of hydrogen-bond donors (Lipinski definition) is 2. The van der Waals surface area contributed by atoms with Gasteiger partial charge in [-0.15, -0.1) is 0 Å². The molecule has 6 nitrogen and oxygen atoms in total. The molecule has 1 aromatic rings. The smallest absolute Gasteiger partial charge is 0.151 e. The van der Waals surface area contributed by atoms with Gasteiger partial charge in [-0.3, -0.25) is 0 Å². The fourth-order valence-electron chi connectivity index (χ4n) is 2.93. The second-order valence-corrected chi connectivity index (χ2v) is 7.95. The van der Waals surface area contributed by atoms with Crippen molar-refractivity contribution in [2.75, 3.05) is 18.1 Å². The second-order valence-electron chi connectivity index (χ2n) is 5.77. The Hall–Kier alpha value is -0.920. The summed E-state index contributed by atoms with van der Waals surface area (Å²) in [5.74, 6) is 0.0757. The Labute approximate surface area is 112 Å². The SMILES string of the molecule is NCC1(C(O)c2cncn2C2CC2)CCS(=O)(=O)C1. The number of hydrogen-bond acceptors (Lipinski definition) is 5. The van der Waals surface area contributed by atoms with Gasteiger partial charge in [-0.1, -0.05) is 0 Å². The molecular formula is C12H19N3O3S. The van der Waals surface area contributed by atoms with Crippen molar-refractivity contribution >= 4 is 9.84 Å². The summed E-state index contributed by atoms with van der Waals surface area (Å²) in [4.78, 5) is 4.09. The average molecular weight is 285 g/mol. The molecule has 1 aliphatic carbocycles. The highest BCUT2D eigenvalue weighted by Gasteiger charge is 2.48. The van der Waals surface area contributed by atoms with Crippen LogP contribution in [-0.2, 0) is 9.84 Å². The standard InChI is InChI=1S/C12H19N3O3S/c13-6-12(3-4-19(17,18)7-12)11(16)10-5-14-8-15(10)9-1-2-9/h5,8-9,11,16H,1-4,6-7,13H2. The lowest BCUT2D eigenvalue weighted by molar-refractivity contribution is 0.0406. The van der Waals surface area contributed by atoms with Gasteiger partial charge in [-0.25, -0.2) is 13.4 Å². The molecule has 2 heterocycles. The van der Waals surface area contributed by atoms with Crippen LogP contribution >= 0.6 is 0 Å². The second kappa shape index (κ2) is 4.29. The summed E-state index contributed by atoms with van der Waals surface area (Å²) in [5.41, 5.74) is 5.73. The predicted molar refractivity (Wildman–Crippen MR) is 70.2 cm³/mol. The molecule has 0 bridgehead atoms. The molecule has 3 rings (SSSR count). The molecule has 1 aliphatic heterocycles. The zero-order valence-corrected chi connectivity index (χ0v) is 11.5.